The van der Waals surface area contributed by atoms with Crippen LogP contribution in [0.1, 0.15) is 12.7 Å². The van der Waals surface area contributed by atoms with Gasteiger partial charge in [0.05, 0.1) is 5.39 Å². The van der Waals surface area contributed by atoms with Crippen LogP contribution in [0.25, 0.3) is 11.0 Å². The van der Waals surface area contributed by atoms with Gasteiger partial charge in [0.15, 0.2) is 5.65 Å². The predicted molar refractivity (Wildman–Crippen MR) is 53.4 cm³/mol. The van der Waals surface area contributed by atoms with Crippen molar-refractivity contribution in [1.82, 2.24) is 19.7 Å². The molecule has 0 saturated heterocycles. The van der Waals surface area contributed by atoms with E-state index in [-0.39, 0.29) is 10.3 Å². The molecule has 0 spiro atoms. The lowest BCUT2D eigenvalue weighted by atomic mass is 10.4. The molecule has 0 aliphatic rings. The Labute approximate surface area is 93.1 Å². The second kappa shape index (κ2) is 3.55. The molecule has 0 aliphatic heterocycles. The Morgan fingerprint density at radius 3 is 2.75 bits per heavy atom. The monoisotopic (exact) mass is 248 g/mol. The van der Waals surface area contributed by atoms with Crippen LogP contribution in [-0.2, 0) is 12.7 Å². The van der Waals surface area contributed by atoms with Gasteiger partial charge >= 0.3 is 6.18 Å². The zero-order chi connectivity index (χ0) is 11.9. The number of alkyl halides is 3. The Hall–Kier alpha value is -1.44. The molecule has 2 heterocycles. The number of aromatic amines is 1. The zero-order valence-electron chi connectivity index (χ0n) is 8.17. The molecule has 0 fully saturated rings. The maximum atomic E-state index is 12.4. The van der Waals surface area contributed by atoms with Crippen LogP contribution in [0, 0.1) is 4.64 Å². The molecule has 4 nitrogen and oxygen atoms in total. The largest absolute Gasteiger partial charge is 0.449 e. The Morgan fingerprint density at radius 1 is 1.50 bits per heavy atom. The second-order valence-electron chi connectivity index (χ2n) is 3.14. The smallest absolute Gasteiger partial charge is 0.319 e. The standard InChI is InChI=1S/C8H7F3N4S/c1-2-15-3-4-5(14-15)12-7(8(9,10)11)13-6(4)16/h3H,2H2,1H3,(H,12,13,14,16). The first-order valence-electron chi connectivity index (χ1n) is 4.46. The Kier molecular flexibility index (Phi) is 2.45. The lowest BCUT2D eigenvalue weighted by Gasteiger charge is -2.04. The summed E-state index contributed by atoms with van der Waals surface area (Å²) in [5.41, 5.74) is 0.106. The second-order valence-corrected chi connectivity index (χ2v) is 3.52. The number of aryl methyl sites for hydroxylation is 1. The highest BCUT2D eigenvalue weighted by Gasteiger charge is 2.34. The topological polar surface area (TPSA) is 46.5 Å². The van der Waals surface area contributed by atoms with E-state index in [1.165, 1.54) is 4.68 Å². The number of aromatic nitrogens is 4. The number of H-pyrrole nitrogens is 1. The minimum Gasteiger partial charge on any atom is -0.319 e. The van der Waals surface area contributed by atoms with E-state index in [4.69, 9.17) is 12.2 Å². The van der Waals surface area contributed by atoms with Crippen molar-refractivity contribution in [1.29, 1.82) is 0 Å². The molecule has 0 atom stereocenters. The molecule has 16 heavy (non-hydrogen) atoms. The zero-order valence-corrected chi connectivity index (χ0v) is 8.98. The quantitative estimate of drug-likeness (QED) is 0.789. The van der Waals surface area contributed by atoms with Crippen molar-refractivity contribution in [3.05, 3.63) is 16.7 Å². The third kappa shape index (κ3) is 1.80. The molecule has 2 rings (SSSR count). The first-order chi connectivity index (χ1) is 7.41. The van der Waals surface area contributed by atoms with E-state index < -0.39 is 12.0 Å². The normalized spacial score (nSPS) is 12.2. The summed E-state index contributed by atoms with van der Waals surface area (Å²) in [7, 11) is 0. The maximum Gasteiger partial charge on any atom is 0.449 e. The average molecular weight is 248 g/mol. The van der Waals surface area contributed by atoms with Gasteiger partial charge in [-0.05, 0) is 6.92 Å². The molecule has 0 bridgehead atoms. The van der Waals surface area contributed by atoms with E-state index in [2.05, 4.69) is 15.1 Å². The van der Waals surface area contributed by atoms with E-state index in [9.17, 15) is 13.2 Å². The van der Waals surface area contributed by atoms with Gasteiger partial charge in [-0.1, -0.05) is 12.2 Å². The molecular weight excluding hydrogens is 241 g/mol. The fraction of sp³-hybridized carbons (Fsp3) is 0.375. The predicted octanol–water partition coefficient (Wildman–Crippen LogP) is 2.53. The van der Waals surface area contributed by atoms with Crippen LogP contribution < -0.4 is 0 Å². The van der Waals surface area contributed by atoms with Crippen LogP contribution in [0.5, 0.6) is 0 Å². The maximum absolute atomic E-state index is 12.4. The Bertz CT molecular complexity index is 583. The SMILES string of the molecule is CCn1cc2c(=S)nc(C(F)(F)F)[nH]c2n1. The van der Waals surface area contributed by atoms with Crippen LogP contribution in [0.3, 0.4) is 0 Å². The van der Waals surface area contributed by atoms with E-state index in [0.29, 0.717) is 11.9 Å². The third-order valence-electron chi connectivity index (χ3n) is 2.03. The summed E-state index contributed by atoms with van der Waals surface area (Å²) < 4.78 is 38.6. The van der Waals surface area contributed by atoms with Crippen LogP contribution >= 0.6 is 12.2 Å². The van der Waals surface area contributed by atoms with Crippen LogP contribution in [0.2, 0.25) is 0 Å². The molecule has 0 unspecified atom stereocenters. The molecule has 0 aromatic carbocycles. The molecule has 2 aromatic heterocycles. The molecule has 0 aliphatic carbocycles. The Balaban J connectivity index is 2.72. The first-order valence-corrected chi connectivity index (χ1v) is 4.87. The molecule has 0 radical (unpaired) electrons. The lowest BCUT2D eigenvalue weighted by Crippen LogP contribution is -2.11. The van der Waals surface area contributed by atoms with Crippen molar-refractivity contribution >= 4 is 23.3 Å². The highest BCUT2D eigenvalue weighted by atomic mass is 32.1. The van der Waals surface area contributed by atoms with Gasteiger partial charge in [0.1, 0.15) is 4.64 Å². The van der Waals surface area contributed by atoms with Crippen molar-refractivity contribution < 1.29 is 13.2 Å². The first kappa shape index (κ1) is 11.1. The molecule has 86 valence electrons. The molecular formula is C8H7F3N4S. The number of hydrogen-bond donors (Lipinski definition) is 1. The average Bonchev–Trinajstić information content (AvgIpc) is 2.59. The summed E-state index contributed by atoms with van der Waals surface area (Å²) in [5.74, 6) is -1.12. The van der Waals surface area contributed by atoms with Crippen molar-refractivity contribution in [2.45, 2.75) is 19.6 Å². The summed E-state index contributed by atoms with van der Waals surface area (Å²) in [4.78, 5) is 5.43. The minimum atomic E-state index is -4.54. The summed E-state index contributed by atoms with van der Waals surface area (Å²) in [6.45, 7) is 2.38. The summed E-state index contributed by atoms with van der Waals surface area (Å²) >= 11 is 4.79. The van der Waals surface area contributed by atoms with E-state index in [1.807, 2.05) is 6.92 Å². The summed E-state index contributed by atoms with van der Waals surface area (Å²) in [6.07, 6.45) is -2.97. The number of hydrogen-bond acceptors (Lipinski definition) is 3. The number of rotatable bonds is 1. The van der Waals surface area contributed by atoms with Crippen molar-refractivity contribution in [3.63, 3.8) is 0 Å². The minimum absolute atomic E-state index is 0.0965. The van der Waals surface area contributed by atoms with Gasteiger partial charge in [0.25, 0.3) is 0 Å². The van der Waals surface area contributed by atoms with Gasteiger partial charge in [-0.2, -0.15) is 18.3 Å². The third-order valence-corrected chi connectivity index (χ3v) is 2.35. The summed E-state index contributed by atoms with van der Waals surface area (Å²) in [5, 5.41) is 4.34. The van der Waals surface area contributed by atoms with Crippen LogP contribution in [-0.4, -0.2) is 19.7 Å². The highest BCUT2D eigenvalue weighted by Crippen LogP contribution is 2.27. The summed E-state index contributed by atoms with van der Waals surface area (Å²) in [6, 6.07) is 0. The molecule has 0 saturated carbocycles. The van der Waals surface area contributed by atoms with Crippen molar-refractivity contribution in [3.8, 4) is 0 Å². The van der Waals surface area contributed by atoms with E-state index in [1.54, 1.807) is 6.20 Å². The van der Waals surface area contributed by atoms with Gasteiger partial charge in [-0.25, -0.2) is 4.98 Å². The van der Waals surface area contributed by atoms with E-state index >= 15 is 0 Å². The number of nitrogens with one attached hydrogen (secondary N) is 1. The number of fused-ring (bicyclic) bond motifs is 1. The van der Waals surface area contributed by atoms with Crippen molar-refractivity contribution in [2.75, 3.05) is 0 Å². The number of halogens is 3. The molecule has 1 N–H and O–H groups in total. The fourth-order valence-corrected chi connectivity index (χ4v) is 1.51. The van der Waals surface area contributed by atoms with Crippen molar-refractivity contribution in [2.24, 2.45) is 0 Å². The molecule has 0 amide bonds. The van der Waals surface area contributed by atoms with Gasteiger partial charge < -0.3 is 4.98 Å². The van der Waals surface area contributed by atoms with Gasteiger partial charge in [-0.3, -0.25) is 4.68 Å². The van der Waals surface area contributed by atoms with E-state index in [0.717, 1.165) is 0 Å². The van der Waals surface area contributed by atoms with Crippen LogP contribution in [0.15, 0.2) is 6.20 Å². The van der Waals surface area contributed by atoms with Crippen LogP contribution in [0.4, 0.5) is 13.2 Å². The van der Waals surface area contributed by atoms with Gasteiger partial charge in [0.2, 0.25) is 5.82 Å². The number of nitrogens with zero attached hydrogens (tertiary/aromatic N) is 3. The highest BCUT2D eigenvalue weighted by molar-refractivity contribution is 7.71. The lowest BCUT2D eigenvalue weighted by molar-refractivity contribution is -0.144. The van der Waals surface area contributed by atoms with Gasteiger partial charge in [-0.15, -0.1) is 0 Å². The molecule has 2 aromatic rings. The fourth-order valence-electron chi connectivity index (χ4n) is 1.27. The van der Waals surface area contributed by atoms with Gasteiger partial charge in [0, 0.05) is 12.7 Å². The molecule has 8 heteroatoms. The Morgan fingerprint density at radius 2 is 2.19 bits per heavy atom.